The molecule has 1 saturated heterocycles. The normalized spacial score (nSPS) is 18.0. The molecule has 1 fully saturated rings. The van der Waals surface area contributed by atoms with Gasteiger partial charge in [0.15, 0.2) is 23.1 Å². The summed E-state index contributed by atoms with van der Waals surface area (Å²) in [6.07, 6.45) is 0. The molecule has 0 radical (unpaired) electrons. The van der Waals surface area contributed by atoms with Crippen molar-refractivity contribution < 1.29 is 38.1 Å². The molecule has 1 aliphatic heterocycles. The minimum atomic E-state index is -0.167. The summed E-state index contributed by atoms with van der Waals surface area (Å²) in [5.41, 5.74) is 4.65. The second-order valence-corrected chi connectivity index (χ2v) is 12.2. The van der Waals surface area contributed by atoms with Crippen LogP contribution < -0.4 is 9.80 Å². The maximum atomic E-state index is 13.7. The minimum Gasteiger partial charge on any atom is -0.377 e. The highest BCUT2D eigenvalue weighted by Gasteiger charge is 2.34. The molecule has 2 aliphatic carbocycles. The van der Waals surface area contributed by atoms with E-state index < -0.39 is 0 Å². The highest BCUT2D eigenvalue weighted by molar-refractivity contribution is 6.31. The molecule has 0 N–H and O–H groups in total. The molecular formula is C40H38N2O8. The Hall–Kier alpha value is -5.00. The van der Waals surface area contributed by atoms with E-state index in [-0.39, 0.29) is 23.1 Å². The lowest BCUT2D eigenvalue weighted by Crippen LogP contribution is -2.35. The molecular weight excluding hydrogens is 636 g/mol. The molecule has 0 amide bonds. The molecule has 0 bridgehead atoms. The van der Waals surface area contributed by atoms with Crippen LogP contribution in [0.1, 0.15) is 63.7 Å². The predicted molar refractivity (Wildman–Crippen MR) is 187 cm³/mol. The summed E-state index contributed by atoms with van der Waals surface area (Å²) in [4.78, 5) is 58.1. The van der Waals surface area contributed by atoms with Gasteiger partial charge < -0.3 is 28.7 Å². The van der Waals surface area contributed by atoms with Crippen molar-refractivity contribution in [3.05, 3.63) is 129 Å². The fraction of sp³-hybridized carbons (Fsp3) is 0.300. The Morgan fingerprint density at radius 2 is 0.640 bits per heavy atom. The van der Waals surface area contributed by atoms with Crippen LogP contribution >= 0.6 is 0 Å². The highest BCUT2D eigenvalue weighted by Crippen LogP contribution is 2.35. The van der Waals surface area contributed by atoms with E-state index in [0.717, 1.165) is 0 Å². The maximum absolute atomic E-state index is 13.7. The Morgan fingerprint density at radius 1 is 0.340 bits per heavy atom. The van der Waals surface area contributed by atoms with Gasteiger partial charge in [0.1, 0.15) is 0 Å². The number of carbonyl (C=O) groups excluding carboxylic acids is 4. The summed E-state index contributed by atoms with van der Waals surface area (Å²) in [6, 6.07) is 24.7. The van der Waals surface area contributed by atoms with Crippen molar-refractivity contribution in [2.75, 3.05) is 88.8 Å². The van der Waals surface area contributed by atoms with Crippen LogP contribution in [0.2, 0.25) is 0 Å². The van der Waals surface area contributed by atoms with Crippen LogP contribution in [0.4, 0.5) is 11.4 Å². The number of ether oxygens (including phenoxy) is 4. The largest absolute Gasteiger partial charge is 0.377 e. The lowest BCUT2D eigenvalue weighted by molar-refractivity contribution is 0.0435. The smallest absolute Gasteiger partial charge is 0.196 e. The van der Waals surface area contributed by atoms with E-state index in [4.69, 9.17) is 18.9 Å². The molecule has 256 valence electrons. The average molecular weight is 675 g/mol. The number of hydrogen-bond donors (Lipinski definition) is 0. The SMILES string of the molecule is O=C1c2ccccc2C(=O)c2c1cccc2N1CCOCCOCCN(c2cccc3c2C(=O)c2ccccc2C3=O)CCOCCOCC1. The summed E-state index contributed by atoms with van der Waals surface area (Å²) in [7, 11) is 0. The molecule has 0 unspecified atom stereocenters. The van der Waals surface area contributed by atoms with Crippen LogP contribution in [0.15, 0.2) is 84.9 Å². The van der Waals surface area contributed by atoms with Gasteiger partial charge in [-0.3, -0.25) is 19.2 Å². The van der Waals surface area contributed by atoms with Gasteiger partial charge in [-0.25, -0.2) is 0 Å². The third kappa shape index (κ3) is 6.63. The van der Waals surface area contributed by atoms with E-state index in [0.29, 0.717) is 135 Å². The Kier molecular flexibility index (Phi) is 10.2. The van der Waals surface area contributed by atoms with Crippen LogP contribution in [0, 0.1) is 0 Å². The van der Waals surface area contributed by atoms with Gasteiger partial charge in [-0.05, 0) is 12.1 Å². The molecule has 0 atom stereocenters. The Bertz CT molecular complexity index is 1780. The molecule has 3 aliphatic rings. The second-order valence-electron chi connectivity index (χ2n) is 12.2. The molecule has 0 aromatic heterocycles. The number of benzene rings is 4. The fourth-order valence-corrected chi connectivity index (χ4v) is 6.83. The lowest BCUT2D eigenvalue weighted by Gasteiger charge is -2.30. The monoisotopic (exact) mass is 674 g/mol. The standard InChI is InChI=1S/C40H38N2O8/c43-37-27-7-1-3-9-29(27)39(45)35-31(37)11-5-13-33(35)41-15-19-47-23-25-49-21-17-42(18-22-50-26-24-48-20-16-41)34-14-6-12-32-36(34)40(46)30-10-4-2-8-28(30)38(32)44/h1-14H,15-26H2. The first-order chi connectivity index (χ1) is 24.5. The summed E-state index contributed by atoms with van der Waals surface area (Å²) < 4.78 is 23.8. The van der Waals surface area contributed by atoms with Gasteiger partial charge in [0.05, 0.1) is 64.0 Å². The summed E-state index contributed by atoms with van der Waals surface area (Å²) in [5, 5.41) is 0. The topological polar surface area (TPSA) is 112 Å². The zero-order valence-electron chi connectivity index (χ0n) is 27.7. The molecule has 10 heteroatoms. The van der Waals surface area contributed by atoms with Gasteiger partial charge in [0.25, 0.3) is 0 Å². The number of hydrogen-bond acceptors (Lipinski definition) is 10. The van der Waals surface area contributed by atoms with Crippen molar-refractivity contribution >= 4 is 34.5 Å². The van der Waals surface area contributed by atoms with E-state index in [1.807, 2.05) is 34.1 Å². The van der Waals surface area contributed by atoms with Gasteiger partial charge in [-0.15, -0.1) is 0 Å². The molecule has 10 nitrogen and oxygen atoms in total. The molecule has 4 aromatic carbocycles. The first-order valence-corrected chi connectivity index (χ1v) is 17.0. The summed E-state index contributed by atoms with van der Waals surface area (Å²) in [6.45, 7) is 4.80. The number of rotatable bonds is 2. The van der Waals surface area contributed by atoms with Gasteiger partial charge in [-0.2, -0.15) is 0 Å². The molecule has 50 heavy (non-hydrogen) atoms. The van der Waals surface area contributed by atoms with Gasteiger partial charge >= 0.3 is 0 Å². The van der Waals surface area contributed by atoms with Crippen molar-refractivity contribution in [3.8, 4) is 0 Å². The average Bonchev–Trinajstić information content (AvgIpc) is 3.15. The second kappa shape index (κ2) is 15.3. The maximum Gasteiger partial charge on any atom is 0.196 e. The van der Waals surface area contributed by atoms with E-state index in [9.17, 15) is 19.2 Å². The third-order valence-electron chi connectivity index (χ3n) is 9.31. The molecule has 0 saturated carbocycles. The van der Waals surface area contributed by atoms with Crippen molar-refractivity contribution in [1.82, 2.24) is 0 Å². The minimum absolute atomic E-state index is 0.156. The van der Waals surface area contributed by atoms with Crippen LogP contribution in [0.3, 0.4) is 0 Å². The quantitative estimate of drug-likeness (QED) is 0.258. The number of anilines is 2. The van der Waals surface area contributed by atoms with E-state index in [1.54, 1.807) is 60.7 Å². The Morgan fingerprint density at radius 3 is 0.980 bits per heavy atom. The van der Waals surface area contributed by atoms with Crippen molar-refractivity contribution in [2.24, 2.45) is 0 Å². The zero-order chi connectivity index (χ0) is 34.5. The van der Waals surface area contributed by atoms with Gasteiger partial charge in [0.2, 0.25) is 0 Å². The first-order valence-electron chi connectivity index (χ1n) is 17.0. The van der Waals surface area contributed by atoms with Crippen molar-refractivity contribution in [3.63, 3.8) is 0 Å². The van der Waals surface area contributed by atoms with Gasteiger partial charge in [0, 0.05) is 70.9 Å². The molecule has 1 heterocycles. The van der Waals surface area contributed by atoms with Crippen LogP contribution in [-0.2, 0) is 18.9 Å². The van der Waals surface area contributed by atoms with Crippen molar-refractivity contribution in [2.45, 2.75) is 0 Å². The molecule has 4 aromatic rings. The van der Waals surface area contributed by atoms with E-state index in [1.165, 1.54) is 0 Å². The van der Waals surface area contributed by atoms with E-state index in [2.05, 4.69) is 0 Å². The zero-order valence-corrected chi connectivity index (χ0v) is 27.7. The van der Waals surface area contributed by atoms with Crippen LogP contribution in [0.25, 0.3) is 0 Å². The number of fused-ring (bicyclic) bond motifs is 4. The molecule has 7 rings (SSSR count). The predicted octanol–water partition coefficient (Wildman–Crippen LogP) is 4.63. The third-order valence-corrected chi connectivity index (χ3v) is 9.31. The number of ketones is 4. The number of nitrogens with zero attached hydrogens (tertiary/aromatic N) is 2. The van der Waals surface area contributed by atoms with Gasteiger partial charge in [-0.1, -0.05) is 72.8 Å². The highest BCUT2D eigenvalue weighted by atomic mass is 16.5. The van der Waals surface area contributed by atoms with Crippen molar-refractivity contribution in [1.29, 1.82) is 0 Å². The first kappa shape index (κ1) is 33.5. The Balaban J connectivity index is 1.02. The fourth-order valence-electron chi connectivity index (χ4n) is 6.83. The van der Waals surface area contributed by atoms with Crippen LogP contribution in [0.5, 0.6) is 0 Å². The number of carbonyl (C=O) groups is 4. The lowest BCUT2D eigenvalue weighted by atomic mass is 9.83. The van der Waals surface area contributed by atoms with Crippen LogP contribution in [-0.4, -0.2) is 102 Å². The summed E-state index contributed by atoms with van der Waals surface area (Å²) >= 11 is 0. The molecule has 0 spiro atoms. The summed E-state index contributed by atoms with van der Waals surface area (Å²) in [5.74, 6) is -0.646. The Labute approximate surface area is 290 Å². The van der Waals surface area contributed by atoms with E-state index >= 15 is 0 Å².